The highest BCUT2D eigenvalue weighted by Crippen LogP contribution is 2.17. The van der Waals surface area contributed by atoms with E-state index in [9.17, 15) is 0 Å². The van der Waals surface area contributed by atoms with Gasteiger partial charge in [-0.3, -0.25) is 4.98 Å². The Morgan fingerprint density at radius 2 is 2.06 bits per heavy atom. The van der Waals surface area contributed by atoms with E-state index < -0.39 is 0 Å². The predicted octanol–water partition coefficient (Wildman–Crippen LogP) is 3.75. The van der Waals surface area contributed by atoms with Crippen molar-refractivity contribution in [3.8, 4) is 0 Å². The fourth-order valence-electron chi connectivity index (χ4n) is 1.94. The van der Waals surface area contributed by atoms with E-state index in [0.717, 1.165) is 28.1 Å². The van der Waals surface area contributed by atoms with Crippen molar-refractivity contribution >= 4 is 16.6 Å². The van der Waals surface area contributed by atoms with Crippen LogP contribution in [0.4, 0.5) is 5.69 Å². The van der Waals surface area contributed by atoms with Crippen molar-refractivity contribution in [2.24, 2.45) is 0 Å². The Morgan fingerprint density at radius 1 is 1.17 bits per heavy atom. The maximum Gasteiger partial charge on any atom is 0.123 e. The van der Waals surface area contributed by atoms with Crippen molar-refractivity contribution in [3.05, 3.63) is 60.2 Å². The van der Waals surface area contributed by atoms with Gasteiger partial charge in [0.2, 0.25) is 0 Å². The van der Waals surface area contributed by atoms with Crippen LogP contribution in [0.1, 0.15) is 11.5 Å². The summed E-state index contributed by atoms with van der Waals surface area (Å²) in [6, 6.07) is 14.1. The number of hydrogen-bond acceptors (Lipinski definition) is 3. The Hall–Kier alpha value is -2.29. The first kappa shape index (κ1) is 10.8. The summed E-state index contributed by atoms with van der Waals surface area (Å²) < 4.78 is 5.51. The summed E-state index contributed by atoms with van der Waals surface area (Å²) >= 11 is 0. The summed E-state index contributed by atoms with van der Waals surface area (Å²) in [5, 5.41) is 4.45. The van der Waals surface area contributed by atoms with Gasteiger partial charge in [0.25, 0.3) is 0 Å². The van der Waals surface area contributed by atoms with Crippen molar-refractivity contribution in [2.75, 3.05) is 5.32 Å². The van der Waals surface area contributed by atoms with Crippen molar-refractivity contribution in [3.63, 3.8) is 0 Å². The van der Waals surface area contributed by atoms with E-state index in [4.69, 9.17) is 4.42 Å². The topological polar surface area (TPSA) is 38.1 Å². The average molecular weight is 238 g/mol. The number of aryl methyl sites for hydroxylation is 1. The standard InChI is InChI=1S/C15H14N2O/c1-11-6-7-14(18-11)10-16-13-8-12-4-2-3-5-15(12)17-9-13/h2-9,16H,10H2,1H3. The fraction of sp³-hybridized carbons (Fsp3) is 0.133. The van der Waals surface area contributed by atoms with Crippen LogP contribution >= 0.6 is 0 Å². The molecule has 1 N–H and O–H groups in total. The van der Waals surface area contributed by atoms with Crippen LogP contribution in [0.5, 0.6) is 0 Å². The zero-order chi connectivity index (χ0) is 12.4. The summed E-state index contributed by atoms with van der Waals surface area (Å²) in [6.07, 6.45) is 1.85. The monoisotopic (exact) mass is 238 g/mol. The number of hydrogen-bond donors (Lipinski definition) is 1. The molecule has 0 fully saturated rings. The number of fused-ring (bicyclic) bond motifs is 1. The number of furan rings is 1. The Bertz CT molecular complexity index is 673. The van der Waals surface area contributed by atoms with Crippen LogP contribution < -0.4 is 5.32 Å². The van der Waals surface area contributed by atoms with E-state index in [1.54, 1.807) is 0 Å². The van der Waals surface area contributed by atoms with Crippen molar-refractivity contribution < 1.29 is 4.42 Å². The minimum absolute atomic E-state index is 0.674. The molecular weight excluding hydrogens is 224 g/mol. The van der Waals surface area contributed by atoms with Crippen molar-refractivity contribution in [1.82, 2.24) is 4.98 Å². The quantitative estimate of drug-likeness (QED) is 0.755. The largest absolute Gasteiger partial charge is 0.465 e. The van der Waals surface area contributed by atoms with Gasteiger partial charge in [-0.25, -0.2) is 0 Å². The molecule has 3 nitrogen and oxygen atoms in total. The van der Waals surface area contributed by atoms with E-state index in [1.165, 1.54) is 0 Å². The number of para-hydroxylation sites is 1. The predicted molar refractivity (Wildman–Crippen MR) is 72.5 cm³/mol. The highest BCUT2D eigenvalue weighted by molar-refractivity contribution is 5.81. The second-order valence-corrected chi connectivity index (χ2v) is 4.28. The summed E-state index contributed by atoms with van der Waals surface area (Å²) in [5.41, 5.74) is 2.01. The van der Waals surface area contributed by atoms with Crippen LogP contribution in [0.25, 0.3) is 10.9 Å². The molecule has 0 aliphatic carbocycles. The minimum atomic E-state index is 0.674. The van der Waals surface area contributed by atoms with E-state index >= 15 is 0 Å². The normalized spacial score (nSPS) is 10.7. The zero-order valence-electron chi connectivity index (χ0n) is 10.2. The third kappa shape index (κ3) is 2.20. The molecule has 0 amide bonds. The molecule has 0 aliphatic heterocycles. The van der Waals surface area contributed by atoms with Crippen LogP contribution in [-0.2, 0) is 6.54 Å². The van der Waals surface area contributed by atoms with Gasteiger partial charge in [0.05, 0.1) is 23.9 Å². The number of rotatable bonds is 3. The maximum absolute atomic E-state index is 5.51. The molecule has 0 aliphatic rings. The molecule has 0 saturated carbocycles. The average Bonchev–Trinajstić information content (AvgIpc) is 2.82. The highest BCUT2D eigenvalue weighted by Gasteiger charge is 2.00. The number of benzene rings is 1. The molecule has 18 heavy (non-hydrogen) atoms. The van der Waals surface area contributed by atoms with Gasteiger partial charge in [0.15, 0.2) is 0 Å². The number of aromatic nitrogens is 1. The maximum atomic E-state index is 5.51. The Balaban J connectivity index is 1.78. The first-order valence-electron chi connectivity index (χ1n) is 5.95. The molecule has 3 rings (SSSR count). The molecule has 0 saturated heterocycles. The lowest BCUT2D eigenvalue weighted by molar-refractivity contribution is 0.490. The molecule has 1 aromatic carbocycles. The fourth-order valence-corrected chi connectivity index (χ4v) is 1.94. The molecule has 2 aromatic heterocycles. The van der Waals surface area contributed by atoms with Gasteiger partial charge in [-0.2, -0.15) is 0 Å². The molecule has 90 valence electrons. The van der Waals surface area contributed by atoms with Crippen molar-refractivity contribution in [2.45, 2.75) is 13.5 Å². The molecule has 2 heterocycles. The van der Waals surface area contributed by atoms with Gasteiger partial charge < -0.3 is 9.73 Å². The third-order valence-corrected chi connectivity index (χ3v) is 2.85. The van der Waals surface area contributed by atoms with Crippen LogP contribution in [0.3, 0.4) is 0 Å². The molecule has 0 unspecified atom stereocenters. The number of anilines is 1. The molecule has 3 aromatic rings. The van der Waals surface area contributed by atoms with Crippen LogP contribution in [-0.4, -0.2) is 4.98 Å². The van der Waals surface area contributed by atoms with Crippen molar-refractivity contribution in [1.29, 1.82) is 0 Å². The number of nitrogens with zero attached hydrogens (tertiary/aromatic N) is 1. The van der Waals surface area contributed by atoms with Gasteiger partial charge in [-0.05, 0) is 31.2 Å². The third-order valence-electron chi connectivity index (χ3n) is 2.85. The Morgan fingerprint density at radius 3 is 2.89 bits per heavy atom. The minimum Gasteiger partial charge on any atom is -0.465 e. The lowest BCUT2D eigenvalue weighted by Crippen LogP contribution is -1.98. The summed E-state index contributed by atoms with van der Waals surface area (Å²) in [6.45, 7) is 2.62. The highest BCUT2D eigenvalue weighted by atomic mass is 16.3. The first-order chi connectivity index (χ1) is 8.81. The van der Waals surface area contributed by atoms with Gasteiger partial charge >= 0.3 is 0 Å². The molecule has 0 spiro atoms. The number of pyridine rings is 1. The number of nitrogens with one attached hydrogen (secondary N) is 1. The molecule has 3 heteroatoms. The smallest absolute Gasteiger partial charge is 0.123 e. The molecular formula is C15H14N2O. The Labute approximate surface area is 105 Å². The van der Waals surface area contributed by atoms with E-state index in [-0.39, 0.29) is 0 Å². The molecule has 0 atom stereocenters. The van der Waals surface area contributed by atoms with E-state index in [2.05, 4.69) is 22.4 Å². The molecule has 0 bridgehead atoms. The van der Waals surface area contributed by atoms with Gasteiger partial charge in [-0.15, -0.1) is 0 Å². The second kappa shape index (κ2) is 4.53. The summed E-state index contributed by atoms with van der Waals surface area (Å²) in [4.78, 5) is 4.41. The van der Waals surface area contributed by atoms with Gasteiger partial charge in [0.1, 0.15) is 11.5 Å². The van der Waals surface area contributed by atoms with Crippen LogP contribution in [0.15, 0.2) is 53.1 Å². The van der Waals surface area contributed by atoms with Crippen LogP contribution in [0.2, 0.25) is 0 Å². The van der Waals surface area contributed by atoms with E-state index in [0.29, 0.717) is 6.54 Å². The van der Waals surface area contributed by atoms with Gasteiger partial charge in [0, 0.05) is 5.39 Å². The second-order valence-electron chi connectivity index (χ2n) is 4.28. The Kier molecular flexibility index (Phi) is 2.73. The SMILES string of the molecule is Cc1ccc(CNc2cnc3ccccc3c2)o1. The summed E-state index contributed by atoms with van der Waals surface area (Å²) in [5.74, 6) is 1.86. The molecule has 0 radical (unpaired) electrons. The summed E-state index contributed by atoms with van der Waals surface area (Å²) in [7, 11) is 0. The van der Waals surface area contributed by atoms with Gasteiger partial charge in [-0.1, -0.05) is 18.2 Å². The zero-order valence-corrected chi connectivity index (χ0v) is 10.2. The van der Waals surface area contributed by atoms with E-state index in [1.807, 2.05) is 43.5 Å². The van der Waals surface area contributed by atoms with Crippen LogP contribution in [0, 0.1) is 6.92 Å². The lowest BCUT2D eigenvalue weighted by atomic mass is 10.2. The lowest BCUT2D eigenvalue weighted by Gasteiger charge is -2.05. The first-order valence-corrected chi connectivity index (χ1v) is 5.95.